The Kier molecular flexibility index (Phi) is 6.12. The third kappa shape index (κ3) is 4.02. The van der Waals surface area contributed by atoms with Gasteiger partial charge >= 0.3 is 5.97 Å². The lowest BCUT2D eigenvalue weighted by molar-refractivity contribution is -0.122. The molecule has 1 aromatic heterocycles. The molecule has 0 bridgehead atoms. The summed E-state index contributed by atoms with van der Waals surface area (Å²) in [5.74, 6) is -2.23. The van der Waals surface area contributed by atoms with Gasteiger partial charge in [-0.15, -0.1) is 0 Å². The molecule has 7 nitrogen and oxygen atoms in total. The fraction of sp³-hybridized carbons (Fsp3) is 0.120. The van der Waals surface area contributed by atoms with Crippen LogP contribution < -0.4 is 10.2 Å². The molecule has 1 saturated heterocycles. The number of thiocarbonyl (C=S) groups is 1. The molecule has 0 radical (unpaired) electrons. The first-order chi connectivity index (χ1) is 16.1. The van der Waals surface area contributed by atoms with E-state index in [4.69, 9.17) is 23.8 Å². The van der Waals surface area contributed by atoms with Crippen molar-refractivity contribution in [3.8, 4) is 5.69 Å². The third-order valence-corrected chi connectivity index (χ3v) is 6.28. The summed E-state index contributed by atoms with van der Waals surface area (Å²) < 4.78 is 1.84. The van der Waals surface area contributed by atoms with Gasteiger partial charge in [0.25, 0.3) is 11.8 Å². The van der Waals surface area contributed by atoms with Crippen LogP contribution in [0.15, 0.2) is 54.1 Å². The average Bonchev–Trinajstić information content (AvgIpc) is 3.05. The van der Waals surface area contributed by atoms with E-state index < -0.39 is 17.8 Å². The van der Waals surface area contributed by atoms with Crippen molar-refractivity contribution in [2.24, 2.45) is 0 Å². The number of rotatable bonds is 4. The van der Waals surface area contributed by atoms with Crippen molar-refractivity contribution in [1.29, 1.82) is 0 Å². The van der Waals surface area contributed by atoms with Gasteiger partial charge in [0.2, 0.25) is 0 Å². The van der Waals surface area contributed by atoms with Crippen molar-refractivity contribution in [2.75, 3.05) is 4.90 Å². The maximum atomic E-state index is 13.4. The SMILES string of the molecule is Cc1ccccc1N1C(=O)/C(=C/c2cc(C)n(-c3ccc(Cl)c(C(=O)O)c3)c2C)C(=O)NC1=S. The maximum absolute atomic E-state index is 13.4. The topological polar surface area (TPSA) is 91.6 Å². The van der Waals surface area contributed by atoms with Crippen LogP contribution >= 0.6 is 23.8 Å². The molecule has 172 valence electrons. The van der Waals surface area contributed by atoms with E-state index >= 15 is 0 Å². The molecule has 2 heterocycles. The van der Waals surface area contributed by atoms with Crippen LogP contribution in [-0.4, -0.2) is 32.6 Å². The molecule has 2 aromatic carbocycles. The number of carboxylic acids is 1. The first-order valence-electron chi connectivity index (χ1n) is 10.3. The Morgan fingerprint density at radius 1 is 1.09 bits per heavy atom. The van der Waals surface area contributed by atoms with Crippen molar-refractivity contribution in [3.63, 3.8) is 0 Å². The number of carbonyl (C=O) groups excluding carboxylic acids is 2. The second kappa shape index (κ2) is 8.89. The molecule has 0 unspecified atom stereocenters. The van der Waals surface area contributed by atoms with Gasteiger partial charge in [-0.2, -0.15) is 0 Å². The molecule has 0 aliphatic carbocycles. The van der Waals surface area contributed by atoms with Crippen molar-refractivity contribution < 1.29 is 19.5 Å². The van der Waals surface area contributed by atoms with Gasteiger partial charge in [-0.1, -0.05) is 29.8 Å². The molecule has 2 N–H and O–H groups in total. The zero-order valence-electron chi connectivity index (χ0n) is 18.5. The molecule has 4 rings (SSSR count). The molecule has 34 heavy (non-hydrogen) atoms. The lowest BCUT2D eigenvalue weighted by atomic mass is 10.1. The highest BCUT2D eigenvalue weighted by Crippen LogP contribution is 2.28. The van der Waals surface area contributed by atoms with Gasteiger partial charge in [-0.25, -0.2) is 4.79 Å². The number of benzene rings is 2. The summed E-state index contributed by atoms with van der Waals surface area (Å²) in [6.45, 7) is 5.53. The van der Waals surface area contributed by atoms with Crippen LogP contribution in [0.1, 0.15) is 32.9 Å². The maximum Gasteiger partial charge on any atom is 0.337 e. The number of nitrogens with zero attached hydrogens (tertiary/aromatic N) is 2. The minimum absolute atomic E-state index is 0.0178. The minimum atomic E-state index is -1.13. The van der Waals surface area contributed by atoms with Crippen LogP contribution in [0, 0.1) is 20.8 Å². The number of halogens is 1. The van der Waals surface area contributed by atoms with Crippen LogP contribution in [0.25, 0.3) is 11.8 Å². The van der Waals surface area contributed by atoms with Gasteiger partial charge in [0.1, 0.15) is 5.57 Å². The number of hydrogen-bond acceptors (Lipinski definition) is 4. The predicted octanol–water partition coefficient (Wildman–Crippen LogP) is 4.59. The van der Waals surface area contributed by atoms with E-state index in [9.17, 15) is 19.5 Å². The van der Waals surface area contributed by atoms with Crippen molar-refractivity contribution >= 4 is 58.5 Å². The fourth-order valence-corrected chi connectivity index (χ4v) is 4.47. The highest BCUT2D eigenvalue weighted by molar-refractivity contribution is 7.80. The number of aromatic carboxylic acids is 1. The summed E-state index contributed by atoms with van der Waals surface area (Å²) in [4.78, 5) is 38.9. The van der Waals surface area contributed by atoms with E-state index in [0.29, 0.717) is 16.9 Å². The number of aryl methyl sites for hydroxylation is 2. The second-order valence-corrected chi connectivity index (χ2v) is 8.67. The number of carbonyl (C=O) groups is 3. The van der Waals surface area contributed by atoms with Crippen molar-refractivity contribution in [2.45, 2.75) is 20.8 Å². The number of aromatic nitrogens is 1. The third-order valence-electron chi connectivity index (χ3n) is 5.67. The molecule has 3 aromatic rings. The smallest absolute Gasteiger partial charge is 0.337 e. The molecule has 2 amide bonds. The highest BCUT2D eigenvalue weighted by Gasteiger charge is 2.35. The first kappa shape index (κ1) is 23.4. The summed E-state index contributed by atoms with van der Waals surface area (Å²) in [7, 11) is 0. The summed E-state index contributed by atoms with van der Waals surface area (Å²) in [5.41, 5.74) is 4.11. The molecule has 1 aliphatic rings. The summed E-state index contributed by atoms with van der Waals surface area (Å²) in [6.07, 6.45) is 1.53. The highest BCUT2D eigenvalue weighted by atomic mass is 35.5. The summed E-state index contributed by atoms with van der Waals surface area (Å²) >= 11 is 11.3. The van der Waals surface area contributed by atoms with Gasteiger partial charge in [0.05, 0.1) is 16.3 Å². The standard InChI is InChI=1S/C25H20ClN3O4S/c1-13-6-4-5-7-21(13)29-23(31)19(22(30)27-25(29)34)11-16-10-14(2)28(15(16)3)17-8-9-20(26)18(12-17)24(32)33/h4-12H,1-3H3,(H,32,33)(H,27,30,34)/b19-11+. The molecule has 0 saturated carbocycles. The Balaban J connectivity index is 1.79. The lowest BCUT2D eigenvalue weighted by Gasteiger charge is -2.30. The molecular formula is C25H20ClN3O4S. The van der Waals surface area contributed by atoms with E-state index in [1.54, 1.807) is 18.2 Å². The molecule has 0 spiro atoms. The Hall–Kier alpha value is -3.75. The fourth-order valence-electron chi connectivity index (χ4n) is 3.99. The molecule has 1 fully saturated rings. The average molecular weight is 494 g/mol. The monoisotopic (exact) mass is 493 g/mol. The normalized spacial score (nSPS) is 15.1. The second-order valence-electron chi connectivity index (χ2n) is 7.88. The van der Waals surface area contributed by atoms with Gasteiger partial charge in [-0.3, -0.25) is 19.8 Å². The van der Waals surface area contributed by atoms with Crippen LogP contribution in [0.5, 0.6) is 0 Å². The molecule has 0 atom stereocenters. The lowest BCUT2D eigenvalue weighted by Crippen LogP contribution is -2.54. The Labute approximate surface area is 206 Å². The van der Waals surface area contributed by atoms with Gasteiger partial charge in [-0.05, 0) is 80.5 Å². The number of nitrogens with one attached hydrogen (secondary N) is 1. The van der Waals surface area contributed by atoms with E-state index in [2.05, 4.69) is 5.32 Å². The largest absolute Gasteiger partial charge is 0.478 e. The van der Waals surface area contributed by atoms with Gasteiger partial charge < -0.3 is 9.67 Å². The van der Waals surface area contributed by atoms with Gasteiger partial charge in [0.15, 0.2) is 5.11 Å². The van der Waals surface area contributed by atoms with Crippen LogP contribution in [0.3, 0.4) is 0 Å². The van der Waals surface area contributed by atoms with E-state index in [1.807, 2.05) is 43.5 Å². The summed E-state index contributed by atoms with van der Waals surface area (Å²) in [5, 5.41) is 12.2. The Morgan fingerprint density at radius 3 is 2.47 bits per heavy atom. The Morgan fingerprint density at radius 2 is 1.79 bits per heavy atom. The van der Waals surface area contributed by atoms with E-state index in [-0.39, 0.29) is 21.3 Å². The van der Waals surface area contributed by atoms with Crippen molar-refractivity contribution in [1.82, 2.24) is 9.88 Å². The quantitative estimate of drug-likeness (QED) is 0.315. The van der Waals surface area contributed by atoms with Crippen LogP contribution in [0.2, 0.25) is 5.02 Å². The first-order valence-corrected chi connectivity index (χ1v) is 11.1. The van der Waals surface area contributed by atoms with Crippen molar-refractivity contribution in [3.05, 3.63) is 87.2 Å². The molecule has 1 aliphatic heterocycles. The molecular weight excluding hydrogens is 474 g/mol. The van der Waals surface area contributed by atoms with E-state index in [0.717, 1.165) is 17.0 Å². The number of anilines is 1. The van der Waals surface area contributed by atoms with Gasteiger partial charge in [0, 0.05) is 17.1 Å². The van der Waals surface area contributed by atoms with Crippen LogP contribution in [-0.2, 0) is 9.59 Å². The number of amides is 2. The predicted molar refractivity (Wildman–Crippen MR) is 135 cm³/mol. The molecule has 9 heteroatoms. The summed E-state index contributed by atoms with van der Waals surface area (Å²) in [6, 6.07) is 13.8. The Bertz CT molecular complexity index is 1420. The van der Waals surface area contributed by atoms with Crippen LogP contribution in [0.4, 0.5) is 5.69 Å². The zero-order valence-corrected chi connectivity index (χ0v) is 20.1. The number of carboxylic acid groups (broad SMARTS) is 1. The number of hydrogen-bond donors (Lipinski definition) is 2. The van der Waals surface area contributed by atoms with E-state index in [1.165, 1.54) is 23.1 Å². The minimum Gasteiger partial charge on any atom is -0.478 e. The zero-order chi connectivity index (χ0) is 24.7. The number of para-hydroxylation sites is 1.